The number of aryl methyl sites for hydroxylation is 2. The van der Waals surface area contributed by atoms with Gasteiger partial charge in [0.15, 0.2) is 0 Å². The molecule has 0 radical (unpaired) electrons. The number of hydrogen-bond donors (Lipinski definition) is 2. The van der Waals surface area contributed by atoms with E-state index in [1.165, 1.54) is 11.3 Å². The average Bonchev–Trinajstić information content (AvgIpc) is 2.78. The van der Waals surface area contributed by atoms with E-state index in [0.717, 1.165) is 31.6 Å². The van der Waals surface area contributed by atoms with Crippen molar-refractivity contribution < 1.29 is 5.11 Å². The second kappa shape index (κ2) is 4.18. The lowest BCUT2D eigenvalue weighted by Gasteiger charge is -2.21. The molecule has 0 spiro atoms. The lowest BCUT2D eigenvalue weighted by Crippen LogP contribution is -2.34. The van der Waals surface area contributed by atoms with Gasteiger partial charge in [0, 0.05) is 25.2 Å². The van der Waals surface area contributed by atoms with Crippen LogP contribution in [0, 0.1) is 13.8 Å². The van der Waals surface area contributed by atoms with Crippen molar-refractivity contribution in [2.75, 3.05) is 13.1 Å². The summed E-state index contributed by atoms with van der Waals surface area (Å²) in [7, 11) is 0. The molecule has 0 bridgehead atoms. The van der Waals surface area contributed by atoms with Gasteiger partial charge in [-0.25, -0.2) is 0 Å². The van der Waals surface area contributed by atoms with Crippen LogP contribution in [0.25, 0.3) is 0 Å². The Morgan fingerprint density at radius 2 is 2.25 bits per heavy atom. The van der Waals surface area contributed by atoms with Crippen LogP contribution < -0.4 is 5.32 Å². The van der Waals surface area contributed by atoms with Gasteiger partial charge in [0.25, 0.3) is 0 Å². The highest BCUT2D eigenvalue weighted by molar-refractivity contribution is 5.27. The fourth-order valence-electron chi connectivity index (χ4n) is 2.51. The van der Waals surface area contributed by atoms with Crippen LogP contribution in [0.15, 0.2) is 0 Å². The van der Waals surface area contributed by atoms with Gasteiger partial charge in [-0.05, 0) is 39.3 Å². The lowest BCUT2D eigenvalue weighted by atomic mass is 9.93. The van der Waals surface area contributed by atoms with Gasteiger partial charge in [0.2, 0.25) is 0 Å². The molecular formula is C12H21N3O. The Hall–Kier alpha value is -0.870. The van der Waals surface area contributed by atoms with Gasteiger partial charge in [-0.1, -0.05) is 0 Å². The number of rotatable bonds is 3. The highest BCUT2D eigenvalue weighted by Gasteiger charge is 2.32. The monoisotopic (exact) mass is 223 g/mol. The Morgan fingerprint density at radius 3 is 2.75 bits per heavy atom. The van der Waals surface area contributed by atoms with E-state index in [-0.39, 0.29) is 0 Å². The fourth-order valence-corrected chi connectivity index (χ4v) is 2.51. The van der Waals surface area contributed by atoms with E-state index >= 15 is 0 Å². The van der Waals surface area contributed by atoms with Gasteiger partial charge in [0.1, 0.15) is 0 Å². The molecule has 0 aliphatic carbocycles. The third-order valence-electron chi connectivity index (χ3n) is 3.56. The summed E-state index contributed by atoms with van der Waals surface area (Å²) in [6, 6.07) is 0. The predicted octanol–water partition coefficient (Wildman–Crippen LogP) is 0.787. The first-order chi connectivity index (χ1) is 7.56. The first-order valence-electron chi connectivity index (χ1n) is 6.02. The zero-order valence-electron chi connectivity index (χ0n) is 10.4. The van der Waals surface area contributed by atoms with Crippen molar-refractivity contribution >= 4 is 0 Å². The second-order valence-corrected chi connectivity index (χ2v) is 4.79. The molecule has 1 aromatic heterocycles. The minimum atomic E-state index is -0.572. The minimum absolute atomic E-state index is 0.572. The Morgan fingerprint density at radius 1 is 1.50 bits per heavy atom. The molecule has 1 atom stereocenters. The van der Waals surface area contributed by atoms with E-state index in [0.29, 0.717) is 6.54 Å². The van der Waals surface area contributed by atoms with Crippen LogP contribution in [-0.4, -0.2) is 33.6 Å². The molecule has 2 heterocycles. The Labute approximate surface area is 96.7 Å². The van der Waals surface area contributed by atoms with E-state index in [4.69, 9.17) is 0 Å². The Bertz CT molecular complexity index is 378. The maximum atomic E-state index is 10.4. The molecule has 1 aliphatic heterocycles. The predicted molar refractivity (Wildman–Crippen MR) is 63.5 cm³/mol. The molecule has 1 saturated heterocycles. The molecule has 1 fully saturated rings. The van der Waals surface area contributed by atoms with Gasteiger partial charge >= 0.3 is 0 Å². The summed E-state index contributed by atoms with van der Waals surface area (Å²) in [5.74, 6) is 0. The first-order valence-corrected chi connectivity index (χ1v) is 6.02. The summed E-state index contributed by atoms with van der Waals surface area (Å²) in [5.41, 5.74) is 2.89. The highest BCUT2D eigenvalue weighted by atomic mass is 16.3. The molecule has 1 unspecified atom stereocenters. The summed E-state index contributed by atoms with van der Waals surface area (Å²) in [4.78, 5) is 0. The number of nitrogens with zero attached hydrogens (tertiary/aromatic N) is 2. The highest BCUT2D eigenvalue weighted by Crippen LogP contribution is 2.24. The molecule has 4 nitrogen and oxygen atoms in total. The molecule has 16 heavy (non-hydrogen) atoms. The summed E-state index contributed by atoms with van der Waals surface area (Å²) >= 11 is 0. The number of nitrogens with one attached hydrogen (secondary N) is 1. The number of aromatic nitrogens is 2. The Kier molecular flexibility index (Phi) is 3.04. The normalized spacial score (nSPS) is 25.2. The van der Waals surface area contributed by atoms with Gasteiger partial charge in [0.05, 0.1) is 11.3 Å². The van der Waals surface area contributed by atoms with E-state index < -0.39 is 5.60 Å². The summed E-state index contributed by atoms with van der Waals surface area (Å²) in [6.45, 7) is 8.71. The van der Waals surface area contributed by atoms with Crippen LogP contribution in [0.5, 0.6) is 0 Å². The summed E-state index contributed by atoms with van der Waals surface area (Å²) in [6.07, 6.45) is 1.56. The van der Waals surface area contributed by atoms with Crippen molar-refractivity contribution in [1.82, 2.24) is 15.1 Å². The molecule has 4 heteroatoms. The van der Waals surface area contributed by atoms with Crippen LogP contribution in [0.1, 0.15) is 30.3 Å². The molecule has 90 valence electrons. The molecular weight excluding hydrogens is 202 g/mol. The molecule has 1 aromatic rings. The van der Waals surface area contributed by atoms with Crippen LogP contribution in [-0.2, 0) is 13.0 Å². The first kappa shape index (κ1) is 11.6. The van der Waals surface area contributed by atoms with Gasteiger partial charge < -0.3 is 10.4 Å². The van der Waals surface area contributed by atoms with Gasteiger partial charge in [-0.2, -0.15) is 5.10 Å². The lowest BCUT2D eigenvalue weighted by molar-refractivity contribution is 0.0615. The van der Waals surface area contributed by atoms with Crippen molar-refractivity contribution in [3.05, 3.63) is 17.0 Å². The Balaban J connectivity index is 2.23. The van der Waals surface area contributed by atoms with Crippen molar-refractivity contribution in [2.45, 2.75) is 45.8 Å². The molecule has 1 aliphatic rings. The van der Waals surface area contributed by atoms with Gasteiger partial charge in [-0.3, -0.25) is 4.68 Å². The number of β-amino-alcohol motifs (C(OH)–C–C–N with tert-alkyl or cyclic N) is 1. The maximum absolute atomic E-state index is 10.4. The van der Waals surface area contributed by atoms with Crippen molar-refractivity contribution in [1.29, 1.82) is 0 Å². The topological polar surface area (TPSA) is 50.1 Å². The third kappa shape index (κ3) is 1.99. The zero-order chi connectivity index (χ0) is 11.8. The molecule has 0 saturated carbocycles. The van der Waals surface area contributed by atoms with E-state index in [2.05, 4.69) is 24.3 Å². The van der Waals surface area contributed by atoms with Crippen LogP contribution in [0.2, 0.25) is 0 Å². The zero-order valence-corrected chi connectivity index (χ0v) is 10.4. The van der Waals surface area contributed by atoms with Crippen molar-refractivity contribution in [3.8, 4) is 0 Å². The SMILES string of the molecule is CCn1nc(C)c(CC2(O)CCNC2)c1C. The fraction of sp³-hybridized carbons (Fsp3) is 0.750. The quantitative estimate of drug-likeness (QED) is 0.796. The average molecular weight is 223 g/mol. The third-order valence-corrected chi connectivity index (χ3v) is 3.56. The van der Waals surface area contributed by atoms with Crippen molar-refractivity contribution in [3.63, 3.8) is 0 Å². The van der Waals surface area contributed by atoms with E-state index in [1.54, 1.807) is 0 Å². The molecule has 2 N–H and O–H groups in total. The van der Waals surface area contributed by atoms with Gasteiger partial charge in [-0.15, -0.1) is 0 Å². The standard InChI is InChI=1S/C12H21N3O/c1-4-15-10(3)11(9(2)14-15)7-12(16)5-6-13-8-12/h13,16H,4-8H2,1-3H3. The minimum Gasteiger partial charge on any atom is -0.388 e. The molecule has 0 aromatic carbocycles. The smallest absolute Gasteiger partial charge is 0.0825 e. The van der Waals surface area contributed by atoms with Crippen LogP contribution >= 0.6 is 0 Å². The van der Waals surface area contributed by atoms with Crippen molar-refractivity contribution in [2.24, 2.45) is 0 Å². The molecule has 0 amide bonds. The van der Waals surface area contributed by atoms with E-state index in [1.807, 2.05) is 11.6 Å². The number of aliphatic hydroxyl groups is 1. The summed E-state index contributed by atoms with van der Waals surface area (Å²) < 4.78 is 2.01. The maximum Gasteiger partial charge on any atom is 0.0825 e. The van der Waals surface area contributed by atoms with E-state index in [9.17, 15) is 5.11 Å². The summed E-state index contributed by atoms with van der Waals surface area (Å²) in [5, 5.41) is 18.1. The molecule has 2 rings (SSSR count). The second-order valence-electron chi connectivity index (χ2n) is 4.79. The number of hydrogen-bond acceptors (Lipinski definition) is 3. The van der Waals surface area contributed by atoms with Crippen LogP contribution in [0.4, 0.5) is 0 Å². The largest absolute Gasteiger partial charge is 0.388 e. The van der Waals surface area contributed by atoms with Crippen LogP contribution in [0.3, 0.4) is 0 Å².